The van der Waals surface area contributed by atoms with Crippen molar-refractivity contribution in [3.63, 3.8) is 0 Å². The lowest BCUT2D eigenvalue weighted by atomic mass is 9.96. The Morgan fingerprint density at radius 3 is 2.32 bits per heavy atom. The van der Waals surface area contributed by atoms with Crippen LogP contribution in [0.4, 0.5) is 5.82 Å². The molecule has 2 saturated carbocycles. The van der Waals surface area contributed by atoms with Gasteiger partial charge in [0, 0.05) is 47.9 Å². The first kappa shape index (κ1) is 27.2. The predicted molar refractivity (Wildman–Crippen MR) is 157 cm³/mol. The molecule has 7 rings (SSSR count). The summed E-state index contributed by atoms with van der Waals surface area (Å²) in [6, 6.07) is 9.94. The topological polar surface area (TPSA) is 117 Å². The van der Waals surface area contributed by atoms with Gasteiger partial charge in [-0.3, -0.25) is 4.79 Å². The molecular formula is C29H31Cl2N5O4S. The molecule has 2 atom stereocenters. The number of benzene rings is 1. The zero-order valence-corrected chi connectivity index (χ0v) is 24.7. The molecule has 41 heavy (non-hydrogen) atoms. The molecule has 4 aliphatic rings. The molecule has 2 saturated heterocycles. The van der Waals surface area contributed by atoms with Crippen LogP contribution in [0, 0.1) is 0 Å². The second-order valence-corrected chi connectivity index (χ2v) is 14.4. The number of pyridine rings is 1. The third-order valence-corrected chi connectivity index (χ3v) is 11.2. The summed E-state index contributed by atoms with van der Waals surface area (Å²) in [7, 11) is -3.60. The van der Waals surface area contributed by atoms with Gasteiger partial charge in [-0.05, 0) is 75.6 Å². The lowest BCUT2D eigenvalue weighted by Gasteiger charge is -2.40. The first-order valence-corrected chi connectivity index (χ1v) is 16.5. The number of aromatic nitrogens is 2. The maximum absolute atomic E-state index is 12.5. The van der Waals surface area contributed by atoms with Crippen molar-refractivity contribution in [1.82, 2.24) is 20.2 Å². The van der Waals surface area contributed by atoms with Crippen LogP contribution >= 0.6 is 23.2 Å². The van der Waals surface area contributed by atoms with Crippen LogP contribution in [0.2, 0.25) is 10.0 Å². The molecule has 2 aliphatic heterocycles. The number of halogens is 2. The number of sulfonamides is 1. The molecule has 2 aliphatic carbocycles. The third kappa shape index (κ3) is 5.35. The third-order valence-electron chi connectivity index (χ3n) is 8.74. The number of hydrogen-bond acceptors (Lipinski definition) is 8. The average Bonchev–Trinajstić information content (AvgIpc) is 3.88. The van der Waals surface area contributed by atoms with E-state index >= 15 is 0 Å². The van der Waals surface area contributed by atoms with E-state index in [0.717, 1.165) is 55.7 Å². The van der Waals surface area contributed by atoms with E-state index in [2.05, 4.69) is 25.1 Å². The number of piperidine rings is 1. The lowest BCUT2D eigenvalue weighted by Crippen LogP contribution is -2.49. The Labute approximate surface area is 249 Å². The Morgan fingerprint density at radius 2 is 1.71 bits per heavy atom. The number of fused-ring (bicyclic) bond motifs is 2. The molecule has 0 spiro atoms. The largest absolute Gasteiger partial charge is 0.360 e. The molecule has 1 aromatic carbocycles. The van der Waals surface area contributed by atoms with E-state index in [4.69, 9.17) is 27.7 Å². The smallest absolute Gasteiger partial charge is 0.266 e. The minimum Gasteiger partial charge on any atom is -0.360 e. The Bertz CT molecular complexity index is 1550. The molecule has 4 heterocycles. The van der Waals surface area contributed by atoms with Gasteiger partial charge in [0.2, 0.25) is 10.0 Å². The molecule has 2 unspecified atom stereocenters. The van der Waals surface area contributed by atoms with Crippen molar-refractivity contribution in [3.05, 3.63) is 63.5 Å². The number of amides is 1. The highest BCUT2D eigenvalue weighted by molar-refractivity contribution is 7.91. The number of nitrogens with one attached hydrogen (secondary N) is 2. The highest BCUT2D eigenvalue weighted by atomic mass is 35.5. The molecular weight excluding hydrogens is 585 g/mol. The predicted octanol–water partition coefficient (Wildman–Crippen LogP) is 5.43. The Balaban J connectivity index is 1.03. The number of hydrogen-bond donors (Lipinski definition) is 2. The zero-order valence-electron chi connectivity index (χ0n) is 22.4. The average molecular weight is 617 g/mol. The normalized spacial score (nSPS) is 24.0. The maximum Gasteiger partial charge on any atom is 0.266 e. The van der Waals surface area contributed by atoms with E-state index in [1.807, 2.05) is 24.3 Å². The van der Waals surface area contributed by atoms with E-state index in [9.17, 15) is 13.2 Å². The van der Waals surface area contributed by atoms with Gasteiger partial charge in [0.15, 0.2) is 0 Å². The molecule has 216 valence electrons. The summed E-state index contributed by atoms with van der Waals surface area (Å²) in [4.78, 5) is 19.4. The Hall–Kier alpha value is -2.66. The van der Waals surface area contributed by atoms with Crippen LogP contribution in [0.25, 0.3) is 11.3 Å². The van der Waals surface area contributed by atoms with Gasteiger partial charge in [0.25, 0.3) is 5.91 Å². The summed E-state index contributed by atoms with van der Waals surface area (Å²) in [6.07, 6.45) is 8.97. The van der Waals surface area contributed by atoms with Gasteiger partial charge in [0.1, 0.15) is 17.3 Å². The van der Waals surface area contributed by atoms with Gasteiger partial charge in [-0.2, -0.15) is 0 Å². The lowest BCUT2D eigenvalue weighted by molar-refractivity contribution is 0.0981. The molecule has 2 N–H and O–H groups in total. The zero-order chi connectivity index (χ0) is 28.3. The summed E-state index contributed by atoms with van der Waals surface area (Å²) < 4.78 is 32.3. The molecule has 4 fully saturated rings. The number of carbonyl (C=O) groups excluding carboxylic acids is 1. The van der Waals surface area contributed by atoms with Gasteiger partial charge in [-0.15, -0.1) is 0 Å². The quantitative estimate of drug-likeness (QED) is 0.327. The van der Waals surface area contributed by atoms with E-state index in [0.29, 0.717) is 64.7 Å². The van der Waals surface area contributed by atoms with Crippen molar-refractivity contribution in [2.75, 3.05) is 4.90 Å². The molecule has 9 nitrogen and oxygen atoms in total. The van der Waals surface area contributed by atoms with E-state index in [1.54, 1.807) is 6.07 Å². The first-order valence-electron chi connectivity index (χ1n) is 14.2. The van der Waals surface area contributed by atoms with Crippen molar-refractivity contribution < 1.29 is 17.7 Å². The number of nitrogens with zero attached hydrogens (tertiary/aromatic N) is 3. The molecule has 12 heteroatoms. The SMILES string of the molecule is O=C(NS(=O)(=O)C1CC1)c1ccc(N2C3CCC2CC(NCc2c(-c4c(Cl)cccc4Cl)noc2C2CC2)C3)nc1. The van der Waals surface area contributed by atoms with E-state index < -0.39 is 21.2 Å². The minimum absolute atomic E-state index is 0.247. The van der Waals surface area contributed by atoms with Gasteiger partial charge < -0.3 is 14.7 Å². The fourth-order valence-corrected chi connectivity index (χ4v) is 8.24. The second-order valence-electron chi connectivity index (χ2n) is 11.7. The van der Waals surface area contributed by atoms with Crippen molar-refractivity contribution in [2.45, 2.75) is 87.2 Å². The Kier molecular flexibility index (Phi) is 7.00. The maximum atomic E-state index is 12.5. The fraction of sp³-hybridized carbons (Fsp3) is 0.483. The van der Waals surface area contributed by atoms with E-state index in [-0.39, 0.29) is 5.56 Å². The monoisotopic (exact) mass is 615 g/mol. The summed E-state index contributed by atoms with van der Waals surface area (Å²) in [5.74, 6) is 1.53. The van der Waals surface area contributed by atoms with Crippen molar-refractivity contribution in [1.29, 1.82) is 0 Å². The van der Waals surface area contributed by atoms with Crippen LogP contribution in [-0.4, -0.2) is 47.8 Å². The second kappa shape index (κ2) is 10.6. The molecule has 3 aromatic rings. The summed E-state index contributed by atoms with van der Waals surface area (Å²) in [5.41, 5.74) is 2.72. The van der Waals surface area contributed by atoms with Gasteiger partial charge in [-0.25, -0.2) is 18.1 Å². The summed E-state index contributed by atoms with van der Waals surface area (Å²) >= 11 is 13.1. The van der Waals surface area contributed by atoms with Crippen LogP contribution in [-0.2, 0) is 16.6 Å². The number of anilines is 1. The summed E-state index contributed by atoms with van der Waals surface area (Å²) in [6.45, 7) is 0.627. The molecule has 0 radical (unpaired) electrons. The van der Waals surface area contributed by atoms with Crippen molar-refractivity contribution in [3.8, 4) is 11.3 Å². The first-order chi connectivity index (χ1) is 19.8. The highest BCUT2D eigenvalue weighted by Crippen LogP contribution is 2.46. The van der Waals surface area contributed by atoms with Gasteiger partial charge in [-0.1, -0.05) is 34.4 Å². The number of rotatable bonds is 9. The standard InChI is InChI=1S/C29H31Cl2N5O4S/c30-23-2-1-3-24(31)26(23)27-22(28(40-34-27)16-4-5-16)15-32-18-12-19-7-8-20(13-18)36(19)25-11-6-17(14-33-25)29(37)35-41(38,39)21-9-10-21/h1-3,6,11,14,16,18-21,32H,4-5,7-10,12-13,15H2,(H,35,37). The van der Waals surface area contributed by atoms with Crippen LogP contribution in [0.5, 0.6) is 0 Å². The molecule has 2 bridgehead atoms. The van der Waals surface area contributed by atoms with Gasteiger partial charge in [0.05, 0.1) is 20.9 Å². The van der Waals surface area contributed by atoms with Crippen LogP contribution in [0.15, 0.2) is 41.1 Å². The molecule has 1 amide bonds. The van der Waals surface area contributed by atoms with Crippen LogP contribution in [0.3, 0.4) is 0 Å². The number of carbonyl (C=O) groups is 1. The van der Waals surface area contributed by atoms with Crippen LogP contribution in [0.1, 0.15) is 79.0 Å². The minimum atomic E-state index is -3.60. The molecule has 2 aromatic heterocycles. The van der Waals surface area contributed by atoms with E-state index in [1.165, 1.54) is 6.20 Å². The highest BCUT2D eigenvalue weighted by Gasteiger charge is 2.42. The fourth-order valence-electron chi connectivity index (χ4n) is 6.37. The van der Waals surface area contributed by atoms with Crippen LogP contribution < -0.4 is 14.9 Å². The van der Waals surface area contributed by atoms with Gasteiger partial charge >= 0.3 is 0 Å². The Morgan fingerprint density at radius 1 is 1.00 bits per heavy atom. The van der Waals surface area contributed by atoms with Crippen molar-refractivity contribution in [2.24, 2.45) is 0 Å². The summed E-state index contributed by atoms with van der Waals surface area (Å²) in [5, 5.41) is 8.87. The van der Waals surface area contributed by atoms with Crippen molar-refractivity contribution >= 4 is 45.0 Å².